The second kappa shape index (κ2) is 9.78. The number of hydrogen-bond acceptors (Lipinski definition) is 6. The summed E-state index contributed by atoms with van der Waals surface area (Å²) in [6.07, 6.45) is 5.84. The van der Waals surface area contributed by atoms with Crippen LogP contribution in [0.4, 0.5) is 0 Å². The van der Waals surface area contributed by atoms with Gasteiger partial charge < -0.3 is 4.74 Å². The Morgan fingerprint density at radius 2 is 1.68 bits per heavy atom. The lowest BCUT2D eigenvalue weighted by molar-refractivity contribution is 0.140. The molecule has 0 unspecified atom stereocenters. The van der Waals surface area contributed by atoms with Gasteiger partial charge in [-0.15, -0.1) is 0 Å². The van der Waals surface area contributed by atoms with Crippen molar-refractivity contribution in [2.24, 2.45) is 0 Å². The Balaban J connectivity index is 1.38. The number of benzene rings is 1. The summed E-state index contributed by atoms with van der Waals surface area (Å²) >= 11 is 5.62. The van der Waals surface area contributed by atoms with Crippen LogP contribution in [0.5, 0.6) is 5.75 Å². The summed E-state index contributed by atoms with van der Waals surface area (Å²) < 4.78 is 38.8. The Morgan fingerprint density at radius 1 is 1.00 bits per heavy atom. The van der Waals surface area contributed by atoms with Crippen molar-refractivity contribution in [1.82, 2.24) is 27.9 Å². The van der Waals surface area contributed by atoms with E-state index in [9.17, 15) is 8.42 Å². The maximum atomic E-state index is 13.0. The van der Waals surface area contributed by atoms with Crippen LogP contribution in [-0.4, -0.2) is 82.7 Å². The van der Waals surface area contributed by atoms with E-state index in [-0.39, 0.29) is 0 Å². The van der Waals surface area contributed by atoms with E-state index >= 15 is 0 Å². The summed E-state index contributed by atoms with van der Waals surface area (Å²) in [5.74, 6) is 0.758. The number of nitrogens with zero attached hydrogens (tertiary/aromatic N) is 6. The van der Waals surface area contributed by atoms with Crippen molar-refractivity contribution in [3.05, 3.63) is 35.4 Å². The maximum Gasteiger partial charge on any atom is 0.282 e. The molecule has 1 aromatic carbocycles. The van der Waals surface area contributed by atoms with Gasteiger partial charge in [-0.25, -0.2) is 4.68 Å². The fourth-order valence-electron chi connectivity index (χ4n) is 4.10. The molecule has 11 heteroatoms. The van der Waals surface area contributed by atoms with Crippen LogP contribution in [0.3, 0.4) is 0 Å². The van der Waals surface area contributed by atoms with E-state index in [1.165, 1.54) is 0 Å². The molecule has 0 aliphatic carbocycles. The monoisotopic (exact) mass is 466 g/mol. The third kappa shape index (κ3) is 5.01. The molecule has 0 N–H and O–H groups in total. The lowest BCUT2D eigenvalue weighted by Gasteiger charge is -2.36. The summed E-state index contributed by atoms with van der Waals surface area (Å²) in [7, 11) is -1.74. The first-order valence-corrected chi connectivity index (χ1v) is 12.6. The van der Waals surface area contributed by atoms with E-state index in [0.717, 1.165) is 37.1 Å². The Hall–Kier alpha value is -1.79. The molecule has 4 rings (SSSR count). The molecule has 0 saturated carbocycles. The molecule has 0 amide bonds. The third-order valence-electron chi connectivity index (χ3n) is 5.95. The Kier molecular flexibility index (Phi) is 7.07. The molecular formula is C20H30N6O3S2. The zero-order valence-corrected chi connectivity index (χ0v) is 19.5. The molecule has 31 heavy (non-hydrogen) atoms. The number of aromatic nitrogens is 3. The fourth-order valence-corrected chi connectivity index (χ4v) is 6.03. The Morgan fingerprint density at radius 3 is 2.35 bits per heavy atom. The Bertz CT molecular complexity index is 1040. The lowest BCUT2D eigenvalue weighted by Crippen LogP contribution is -2.53. The van der Waals surface area contributed by atoms with Gasteiger partial charge in [-0.1, -0.05) is 18.9 Å². The first-order valence-electron chi connectivity index (χ1n) is 10.8. The lowest BCUT2D eigenvalue weighted by atomic mass is 10.2. The fraction of sp³-hybridized carbons (Fsp3) is 0.600. The van der Waals surface area contributed by atoms with Gasteiger partial charge in [-0.2, -0.15) is 22.1 Å². The summed E-state index contributed by atoms with van der Waals surface area (Å²) in [4.78, 5) is 2.19. The van der Waals surface area contributed by atoms with Crippen molar-refractivity contribution in [2.75, 3.05) is 46.4 Å². The van der Waals surface area contributed by atoms with E-state index in [1.807, 2.05) is 28.8 Å². The highest BCUT2D eigenvalue weighted by molar-refractivity contribution is 7.86. The highest BCUT2D eigenvalue weighted by Crippen LogP contribution is 2.19. The van der Waals surface area contributed by atoms with Crippen molar-refractivity contribution in [3.63, 3.8) is 0 Å². The average molecular weight is 467 g/mol. The molecule has 0 bridgehead atoms. The molecule has 2 aliphatic rings. The molecule has 0 atom stereocenters. The van der Waals surface area contributed by atoms with Gasteiger partial charge in [0, 0.05) is 45.3 Å². The minimum absolute atomic E-state index is 0.489. The van der Waals surface area contributed by atoms with Crippen molar-refractivity contribution < 1.29 is 13.2 Å². The number of methoxy groups -OCH3 is 1. The highest BCUT2D eigenvalue weighted by atomic mass is 32.2. The largest absolute Gasteiger partial charge is 0.497 e. The van der Waals surface area contributed by atoms with Crippen LogP contribution in [0.25, 0.3) is 5.69 Å². The van der Waals surface area contributed by atoms with E-state index in [0.29, 0.717) is 50.7 Å². The van der Waals surface area contributed by atoms with Crippen molar-refractivity contribution in [2.45, 2.75) is 32.4 Å². The molecule has 2 saturated heterocycles. The van der Waals surface area contributed by atoms with Crippen LogP contribution < -0.4 is 4.74 Å². The number of piperazine rings is 1. The molecule has 0 spiro atoms. The van der Waals surface area contributed by atoms with Crippen LogP contribution in [0.1, 0.15) is 25.7 Å². The normalized spacial score (nSPS) is 19.9. The predicted molar refractivity (Wildman–Crippen MR) is 121 cm³/mol. The first-order chi connectivity index (χ1) is 15.0. The number of hydrogen-bond donors (Lipinski definition) is 0. The van der Waals surface area contributed by atoms with Crippen LogP contribution in [0, 0.1) is 4.77 Å². The molecule has 3 heterocycles. The smallest absolute Gasteiger partial charge is 0.282 e. The van der Waals surface area contributed by atoms with Gasteiger partial charge in [-0.05, 0) is 37.2 Å². The van der Waals surface area contributed by atoms with Crippen molar-refractivity contribution >= 4 is 22.4 Å². The molecule has 2 fully saturated rings. The van der Waals surface area contributed by atoms with E-state index in [4.69, 9.17) is 17.0 Å². The second-order valence-electron chi connectivity index (χ2n) is 7.96. The standard InChI is InChI=1S/C20H30N6O3S2/c1-29-19-8-6-7-18(15-19)25-16-21-26(20(25)30)17-22-11-13-24(14-12-22)31(27,28)23-9-4-2-3-5-10-23/h6-8,15-16H,2-5,9-14,17H2,1H3. The van der Waals surface area contributed by atoms with Gasteiger partial charge in [0.2, 0.25) is 4.77 Å². The molecule has 170 valence electrons. The number of rotatable bonds is 6. The summed E-state index contributed by atoms with van der Waals surface area (Å²) in [6.45, 7) is 4.10. The summed E-state index contributed by atoms with van der Waals surface area (Å²) in [5, 5.41) is 4.45. The van der Waals surface area contributed by atoms with Gasteiger partial charge in [-0.3, -0.25) is 9.47 Å². The topological polar surface area (TPSA) is 75.8 Å². The van der Waals surface area contributed by atoms with E-state index in [2.05, 4.69) is 10.00 Å². The SMILES string of the molecule is COc1cccc(-n2cnn(CN3CCN(S(=O)(=O)N4CCCCCC4)CC3)c2=S)c1. The first kappa shape index (κ1) is 22.4. The predicted octanol–water partition coefficient (Wildman–Crippen LogP) is 2.11. The second-order valence-corrected chi connectivity index (χ2v) is 10.3. The third-order valence-corrected chi connectivity index (χ3v) is 8.39. The maximum absolute atomic E-state index is 13.0. The molecule has 2 aromatic rings. The van der Waals surface area contributed by atoms with Crippen LogP contribution in [0.15, 0.2) is 30.6 Å². The van der Waals surface area contributed by atoms with Gasteiger partial charge in [0.1, 0.15) is 12.1 Å². The van der Waals surface area contributed by atoms with Crippen LogP contribution >= 0.6 is 12.2 Å². The van der Waals surface area contributed by atoms with Crippen LogP contribution in [0.2, 0.25) is 0 Å². The van der Waals surface area contributed by atoms with Gasteiger partial charge in [0.25, 0.3) is 10.2 Å². The average Bonchev–Trinajstić information content (AvgIpc) is 2.98. The molecular weight excluding hydrogens is 436 g/mol. The van der Waals surface area contributed by atoms with Crippen molar-refractivity contribution in [1.29, 1.82) is 0 Å². The van der Waals surface area contributed by atoms with Gasteiger partial charge in [0.15, 0.2) is 0 Å². The minimum Gasteiger partial charge on any atom is -0.497 e. The van der Waals surface area contributed by atoms with Crippen LogP contribution in [-0.2, 0) is 16.9 Å². The quantitative estimate of drug-likeness (QED) is 0.607. The molecule has 1 aromatic heterocycles. The molecule has 0 radical (unpaired) electrons. The molecule has 2 aliphatic heterocycles. The van der Waals surface area contributed by atoms with E-state index in [1.54, 1.807) is 26.7 Å². The minimum atomic E-state index is -3.37. The number of ether oxygens (including phenoxy) is 1. The summed E-state index contributed by atoms with van der Waals surface area (Å²) in [5.41, 5.74) is 0.893. The molecule has 9 nitrogen and oxygen atoms in total. The zero-order valence-electron chi connectivity index (χ0n) is 17.9. The van der Waals surface area contributed by atoms with E-state index < -0.39 is 10.2 Å². The zero-order chi connectivity index (χ0) is 21.8. The highest BCUT2D eigenvalue weighted by Gasteiger charge is 2.32. The van der Waals surface area contributed by atoms with Crippen molar-refractivity contribution in [3.8, 4) is 11.4 Å². The van der Waals surface area contributed by atoms with Gasteiger partial charge in [0.05, 0.1) is 19.5 Å². The summed E-state index contributed by atoms with van der Waals surface area (Å²) in [6, 6.07) is 7.67. The Labute approximate surface area is 189 Å². The van der Waals surface area contributed by atoms with Gasteiger partial charge >= 0.3 is 0 Å².